The third-order valence-corrected chi connectivity index (χ3v) is 5.74. The molecule has 0 spiro atoms. The normalized spacial score (nSPS) is 11.6. The van der Waals surface area contributed by atoms with Gasteiger partial charge in [0.05, 0.1) is 24.4 Å². The second kappa shape index (κ2) is 9.41. The van der Waals surface area contributed by atoms with E-state index in [0.29, 0.717) is 16.6 Å². The predicted molar refractivity (Wildman–Crippen MR) is 135 cm³/mol. The van der Waals surface area contributed by atoms with E-state index in [9.17, 15) is 14.0 Å². The van der Waals surface area contributed by atoms with Crippen molar-refractivity contribution in [2.75, 3.05) is 6.61 Å². The molecule has 0 saturated carbocycles. The molecule has 0 radical (unpaired) electrons. The summed E-state index contributed by atoms with van der Waals surface area (Å²) in [4.78, 5) is 25.2. The molecule has 4 rings (SSSR count). The number of nitrogens with zero attached hydrogens (tertiary/aromatic N) is 1. The highest BCUT2D eigenvalue weighted by Gasteiger charge is 2.24. The van der Waals surface area contributed by atoms with Crippen molar-refractivity contribution in [1.82, 2.24) is 9.88 Å². The first kappa shape index (κ1) is 24.3. The van der Waals surface area contributed by atoms with Crippen LogP contribution < -0.4 is 5.32 Å². The van der Waals surface area contributed by atoms with Crippen LogP contribution in [-0.4, -0.2) is 28.8 Å². The van der Waals surface area contributed by atoms with Gasteiger partial charge in [-0.25, -0.2) is 14.0 Å². The van der Waals surface area contributed by atoms with Crippen molar-refractivity contribution in [2.24, 2.45) is 7.05 Å². The van der Waals surface area contributed by atoms with E-state index in [0.717, 1.165) is 27.4 Å². The van der Waals surface area contributed by atoms with Crippen molar-refractivity contribution in [3.05, 3.63) is 71.7 Å². The maximum Gasteiger partial charge on any atom is 0.407 e. The fourth-order valence-corrected chi connectivity index (χ4v) is 4.28. The van der Waals surface area contributed by atoms with Crippen LogP contribution in [0.2, 0.25) is 0 Å². The average Bonchev–Trinajstić information content (AvgIpc) is 3.07. The first-order chi connectivity index (χ1) is 16.6. The molecule has 4 aromatic rings. The SMILES string of the molecule is CCOC(=O)c1c(CNC(=O)OC(C)(C)C)n(C)c2cc(-c3cc(F)cc4ccccc34)ccc12. The Morgan fingerprint density at radius 2 is 1.77 bits per heavy atom. The molecule has 182 valence electrons. The van der Waals surface area contributed by atoms with Crippen LogP contribution in [0.1, 0.15) is 43.7 Å². The van der Waals surface area contributed by atoms with Crippen LogP contribution in [0.15, 0.2) is 54.6 Å². The molecule has 0 aliphatic carbocycles. The van der Waals surface area contributed by atoms with Crippen molar-refractivity contribution >= 4 is 33.7 Å². The number of halogens is 1. The van der Waals surface area contributed by atoms with Gasteiger partial charge in [-0.15, -0.1) is 0 Å². The highest BCUT2D eigenvalue weighted by atomic mass is 19.1. The Morgan fingerprint density at radius 3 is 2.49 bits per heavy atom. The second-order valence-corrected chi connectivity index (χ2v) is 9.36. The number of aromatic nitrogens is 1. The number of carbonyl (C=O) groups excluding carboxylic acids is 2. The topological polar surface area (TPSA) is 69.6 Å². The molecule has 1 amide bonds. The summed E-state index contributed by atoms with van der Waals surface area (Å²) >= 11 is 0. The van der Waals surface area contributed by atoms with Gasteiger partial charge in [0, 0.05) is 18.0 Å². The number of fused-ring (bicyclic) bond motifs is 2. The zero-order valence-electron chi connectivity index (χ0n) is 20.6. The van der Waals surface area contributed by atoms with Gasteiger partial charge in [-0.2, -0.15) is 0 Å². The molecule has 1 heterocycles. The molecule has 1 N–H and O–H groups in total. The summed E-state index contributed by atoms with van der Waals surface area (Å²) in [6.45, 7) is 7.39. The van der Waals surface area contributed by atoms with Crippen LogP contribution in [0.3, 0.4) is 0 Å². The molecule has 6 nitrogen and oxygen atoms in total. The second-order valence-electron chi connectivity index (χ2n) is 9.36. The highest BCUT2D eigenvalue weighted by Crippen LogP contribution is 2.34. The van der Waals surface area contributed by atoms with Crippen molar-refractivity contribution in [1.29, 1.82) is 0 Å². The third-order valence-electron chi connectivity index (χ3n) is 5.74. The van der Waals surface area contributed by atoms with Gasteiger partial charge < -0.3 is 19.4 Å². The summed E-state index contributed by atoms with van der Waals surface area (Å²) in [5.74, 6) is -0.789. The number of amides is 1. The van der Waals surface area contributed by atoms with Gasteiger partial charge >= 0.3 is 12.1 Å². The number of carbonyl (C=O) groups is 2. The van der Waals surface area contributed by atoms with Gasteiger partial charge in [0.2, 0.25) is 0 Å². The minimum atomic E-state index is -0.643. The first-order valence-electron chi connectivity index (χ1n) is 11.5. The van der Waals surface area contributed by atoms with E-state index in [4.69, 9.17) is 9.47 Å². The van der Waals surface area contributed by atoms with Gasteiger partial charge in [0.1, 0.15) is 11.4 Å². The lowest BCUT2D eigenvalue weighted by molar-refractivity contribution is 0.0502. The number of alkyl carbamates (subject to hydrolysis) is 1. The molecule has 0 saturated heterocycles. The molecule has 0 aliphatic rings. The van der Waals surface area contributed by atoms with E-state index in [2.05, 4.69) is 5.32 Å². The maximum atomic E-state index is 14.4. The van der Waals surface area contributed by atoms with Crippen molar-refractivity contribution < 1.29 is 23.5 Å². The molecular formula is C28H29FN2O4. The molecule has 0 atom stereocenters. The number of nitrogens with one attached hydrogen (secondary N) is 1. The molecule has 0 bridgehead atoms. The summed E-state index contributed by atoms with van der Waals surface area (Å²) in [5.41, 5.74) is 2.67. The number of hydrogen-bond donors (Lipinski definition) is 1. The Hall–Kier alpha value is -3.87. The summed E-state index contributed by atoms with van der Waals surface area (Å²) in [5, 5.41) is 5.16. The summed E-state index contributed by atoms with van der Waals surface area (Å²) in [6, 6.07) is 16.3. The zero-order valence-corrected chi connectivity index (χ0v) is 20.6. The fraction of sp³-hybridized carbons (Fsp3) is 0.286. The lowest BCUT2D eigenvalue weighted by atomic mass is 9.97. The highest BCUT2D eigenvalue weighted by molar-refractivity contribution is 6.07. The molecule has 3 aromatic carbocycles. The van der Waals surface area contributed by atoms with Crippen molar-refractivity contribution in [3.63, 3.8) is 0 Å². The van der Waals surface area contributed by atoms with E-state index in [1.165, 1.54) is 12.1 Å². The number of rotatable bonds is 5. The Morgan fingerprint density at radius 1 is 1.03 bits per heavy atom. The van der Waals surface area contributed by atoms with Crippen LogP contribution in [0, 0.1) is 5.82 Å². The fourth-order valence-electron chi connectivity index (χ4n) is 4.28. The summed E-state index contributed by atoms with van der Waals surface area (Å²) < 4.78 is 26.9. The van der Waals surface area contributed by atoms with E-state index < -0.39 is 17.7 Å². The maximum absolute atomic E-state index is 14.4. The number of ether oxygens (including phenoxy) is 2. The van der Waals surface area contributed by atoms with Crippen molar-refractivity contribution in [3.8, 4) is 11.1 Å². The smallest absolute Gasteiger partial charge is 0.407 e. The molecule has 0 unspecified atom stereocenters. The Labute approximate surface area is 203 Å². The van der Waals surface area contributed by atoms with E-state index in [-0.39, 0.29) is 19.0 Å². The molecule has 35 heavy (non-hydrogen) atoms. The number of benzene rings is 3. The number of hydrogen-bond acceptors (Lipinski definition) is 4. The van der Waals surface area contributed by atoms with Gasteiger partial charge in [-0.1, -0.05) is 36.4 Å². The van der Waals surface area contributed by atoms with Gasteiger partial charge in [-0.05, 0) is 67.8 Å². The minimum Gasteiger partial charge on any atom is -0.462 e. The van der Waals surface area contributed by atoms with E-state index >= 15 is 0 Å². The Bertz CT molecular complexity index is 1430. The van der Waals surface area contributed by atoms with Crippen LogP contribution in [0.4, 0.5) is 9.18 Å². The number of esters is 1. The Balaban J connectivity index is 1.82. The monoisotopic (exact) mass is 476 g/mol. The van der Waals surface area contributed by atoms with Crippen LogP contribution in [0.5, 0.6) is 0 Å². The molecule has 1 aromatic heterocycles. The lowest BCUT2D eigenvalue weighted by Crippen LogP contribution is -2.33. The third kappa shape index (κ3) is 4.99. The predicted octanol–water partition coefficient (Wildman–Crippen LogP) is 6.34. The average molecular weight is 477 g/mol. The van der Waals surface area contributed by atoms with Crippen LogP contribution in [0.25, 0.3) is 32.8 Å². The largest absolute Gasteiger partial charge is 0.462 e. The van der Waals surface area contributed by atoms with Crippen LogP contribution in [-0.2, 0) is 23.1 Å². The van der Waals surface area contributed by atoms with Gasteiger partial charge in [-0.3, -0.25) is 0 Å². The summed E-state index contributed by atoms with van der Waals surface area (Å²) in [6.07, 6.45) is -0.579. The molecule has 0 aliphatic heterocycles. The zero-order chi connectivity index (χ0) is 25.3. The number of aryl methyl sites for hydroxylation is 1. The van der Waals surface area contributed by atoms with E-state index in [1.807, 2.05) is 54.1 Å². The molecular weight excluding hydrogens is 447 g/mol. The van der Waals surface area contributed by atoms with Crippen LogP contribution >= 0.6 is 0 Å². The minimum absolute atomic E-state index is 0.0759. The lowest BCUT2D eigenvalue weighted by Gasteiger charge is -2.20. The first-order valence-corrected chi connectivity index (χ1v) is 11.5. The Kier molecular flexibility index (Phi) is 6.52. The molecule has 7 heteroatoms. The van der Waals surface area contributed by atoms with E-state index in [1.54, 1.807) is 27.7 Å². The standard InChI is InChI=1S/C28H29FN2O4/c1-6-34-26(32)25-21-12-11-18(22-15-19(29)13-17-9-7-8-10-20(17)22)14-23(21)31(5)24(25)16-30-27(33)35-28(2,3)4/h7-15H,6,16H2,1-5H3,(H,30,33). The van der Waals surface area contributed by atoms with Gasteiger partial charge in [0.25, 0.3) is 0 Å². The summed E-state index contributed by atoms with van der Waals surface area (Å²) in [7, 11) is 1.82. The van der Waals surface area contributed by atoms with Crippen molar-refractivity contribution in [2.45, 2.75) is 39.8 Å². The quantitative estimate of drug-likeness (QED) is 0.341. The van der Waals surface area contributed by atoms with Gasteiger partial charge in [0.15, 0.2) is 0 Å². The molecule has 0 fully saturated rings.